The fourth-order valence-corrected chi connectivity index (χ4v) is 1.21. The molecular weight excluding hydrogens is 244 g/mol. The number of aromatic nitrogens is 2. The van der Waals surface area contributed by atoms with Gasteiger partial charge in [-0.1, -0.05) is 0 Å². The molecule has 0 aliphatic heterocycles. The van der Waals surface area contributed by atoms with Gasteiger partial charge in [0, 0.05) is 6.54 Å². The van der Waals surface area contributed by atoms with Gasteiger partial charge in [0.15, 0.2) is 0 Å². The maximum atomic E-state index is 10.9. The molecule has 2 N–H and O–H groups in total. The predicted molar refractivity (Wildman–Crippen MR) is 61.6 cm³/mol. The highest BCUT2D eigenvalue weighted by molar-refractivity contribution is 5.60. The highest BCUT2D eigenvalue weighted by atomic mass is 16.6. The Morgan fingerprint density at radius 1 is 1.50 bits per heavy atom. The van der Waals surface area contributed by atoms with Crippen LogP contribution in [0.15, 0.2) is 6.33 Å². The molecule has 0 aromatic carbocycles. The second-order valence-corrected chi connectivity index (χ2v) is 3.10. The van der Waals surface area contributed by atoms with Crippen molar-refractivity contribution in [2.75, 3.05) is 38.8 Å². The molecule has 0 unspecified atom stereocenters. The van der Waals surface area contributed by atoms with Crippen molar-refractivity contribution in [3.8, 4) is 5.88 Å². The number of hydrogen-bond acceptors (Lipinski definition) is 8. The Labute approximate surface area is 103 Å². The number of ether oxygens (including phenoxy) is 2. The summed E-state index contributed by atoms with van der Waals surface area (Å²) in [7, 11) is 1.30. The third-order valence-corrected chi connectivity index (χ3v) is 1.94. The van der Waals surface area contributed by atoms with Gasteiger partial charge in [-0.15, -0.1) is 0 Å². The first-order chi connectivity index (χ1) is 8.70. The lowest BCUT2D eigenvalue weighted by molar-refractivity contribution is -0.385. The Morgan fingerprint density at radius 2 is 2.28 bits per heavy atom. The van der Waals surface area contributed by atoms with Gasteiger partial charge in [0.05, 0.1) is 31.9 Å². The molecule has 0 aliphatic carbocycles. The van der Waals surface area contributed by atoms with Crippen LogP contribution in [0.5, 0.6) is 5.88 Å². The van der Waals surface area contributed by atoms with Crippen LogP contribution in [0.2, 0.25) is 0 Å². The molecule has 18 heavy (non-hydrogen) atoms. The zero-order chi connectivity index (χ0) is 13.4. The lowest BCUT2D eigenvalue weighted by atomic mass is 10.4. The van der Waals surface area contributed by atoms with Crippen LogP contribution in [0.25, 0.3) is 0 Å². The number of nitro groups is 1. The largest absolute Gasteiger partial charge is 0.476 e. The van der Waals surface area contributed by atoms with Gasteiger partial charge in [-0.25, -0.2) is 4.98 Å². The van der Waals surface area contributed by atoms with Gasteiger partial charge >= 0.3 is 5.69 Å². The summed E-state index contributed by atoms with van der Waals surface area (Å²) < 4.78 is 9.80. The van der Waals surface area contributed by atoms with Crippen molar-refractivity contribution in [1.29, 1.82) is 0 Å². The fraction of sp³-hybridized carbons (Fsp3) is 0.556. The van der Waals surface area contributed by atoms with E-state index in [1.54, 1.807) is 0 Å². The minimum Gasteiger partial charge on any atom is -0.476 e. The maximum Gasteiger partial charge on any atom is 0.372 e. The zero-order valence-corrected chi connectivity index (χ0v) is 9.83. The first kappa shape index (κ1) is 14.1. The normalized spacial score (nSPS) is 10.1. The van der Waals surface area contributed by atoms with Crippen molar-refractivity contribution >= 4 is 11.5 Å². The van der Waals surface area contributed by atoms with Crippen molar-refractivity contribution in [3.05, 3.63) is 16.4 Å². The Morgan fingerprint density at radius 3 is 2.89 bits per heavy atom. The van der Waals surface area contributed by atoms with Crippen LogP contribution in [-0.2, 0) is 4.74 Å². The Balaban J connectivity index is 2.67. The zero-order valence-electron chi connectivity index (χ0n) is 9.83. The average molecular weight is 258 g/mol. The monoisotopic (exact) mass is 258 g/mol. The summed E-state index contributed by atoms with van der Waals surface area (Å²) >= 11 is 0. The van der Waals surface area contributed by atoms with E-state index in [4.69, 9.17) is 14.6 Å². The van der Waals surface area contributed by atoms with Crippen LogP contribution in [0.4, 0.5) is 11.5 Å². The van der Waals surface area contributed by atoms with Crippen molar-refractivity contribution in [2.24, 2.45) is 0 Å². The van der Waals surface area contributed by atoms with E-state index in [9.17, 15) is 10.1 Å². The van der Waals surface area contributed by atoms with Crippen molar-refractivity contribution in [2.45, 2.75) is 0 Å². The Kier molecular flexibility index (Phi) is 5.74. The van der Waals surface area contributed by atoms with Crippen LogP contribution < -0.4 is 10.1 Å². The molecule has 9 heteroatoms. The SMILES string of the molecule is COc1ncnc(NCCOCCO)c1[N+](=O)[O-]. The van der Waals surface area contributed by atoms with E-state index in [-0.39, 0.29) is 30.6 Å². The van der Waals surface area contributed by atoms with Gasteiger partial charge < -0.3 is 19.9 Å². The molecule has 0 aliphatic rings. The molecule has 0 saturated carbocycles. The quantitative estimate of drug-likeness (QED) is 0.374. The third-order valence-electron chi connectivity index (χ3n) is 1.94. The standard InChI is InChI=1S/C9H14N4O5/c1-17-9-7(13(15)16)8(11-6-12-9)10-2-4-18-5-3-14/h6,14H,2-5H2,1H3,(H,10,11,12). The highest BCUT2D eigenvalue weighted by Gasteiger charge is 2.23. The molecule has 100 valence electrons. The first-order valence-corrected chi connectivity index (χ1v) is 5.16. The summed E-state index contributed by atoms with van der Waals surface area (Å²) in [6.45, 7) is 0.767. The Bertz CT molecular complexity index is 401. The minimum absolute atomic E-state index is 0.0680. The van der Waals surface area contributed by atoms with Crippen LogP contribution in [-0.4, -0.2) is 53.5 Å². The van der Waals surface area contributed by atoms with Crippen molar-refractivity contribution in [3.63, 3.8) is 0 Å². The van der Waals surface area contributed by atoms with Crippen LogP contribution in [0, 0.1) is 10.1 Å². The molecule has 0 amide bonds. The molecule has 1 heterocycles. The van der Waals surface area contributed by atoms with Gasteiger partial charge in [0.25, 0.3) is 5.88 Å². The van der Waals surface area contributed by atoms with Crippen LogP contribution in [0.1, 0.15) is 0 Å². The molecule has 9 nitrogen and oxygen atoms in total. The number of nitrogens with one attached hydrogen (secondary N) is 1. The number of nitrogens with zero attached hydrogens (tertiary/aromatic N) is 3. The number of hydrogen-bond donors (Lipinski definition) is 2. The van der Waals surface area contributed by atoms with E-state index in [2.05, 4.69) is 15.3 Å². The Hall–Kier alpha value is -2.00. The lowest BCUT2D eigenvalue weighted by Gasteiger charge is -2.07. The van der Waals surface area contributed by atoms with E-state index < -0.39 is 4.92 Å². The third kappa shape index (κ3) is 3.79. The number of rotatable bonds is 8. The highest BCUT2D eigenvalue weighted by Crippen LogP contribution is 2.29. The summed E-state index contributed by atoms with van der Waals surface area (Å²) in [6, 6.07) is 0. The number of aliphatic hydroxyl groups excluding tert-OH is 1. The second-order valence-electron chi connectivity index (χ2n) is 3.10. The van der Waals surface area contributed by atoms with Crippen molar-refractivity contribution in [1.82, 2.24) is 9.97 Å². The molecule has 1 rings (SSSR count). The predicted octanol–water partition coefficient (Wildman–Crippen LogP) is -0.186. The van der Waals surface area contributed by atoms with Crippen molar-refractivity contribution < 1.29 is 19.5 Å². The molecule has 0 saturated heterocycles. The molecule has 0 spiro atoms. The lowest BCUT2D eigenvalue weighted by Crippen LogP contribution is -2.13. The average Bonchev–Trinajstić information content (AvgIpc) is 2.37. The van der Waals surface area contributed by atoms with Gasteiger partial charge in [-0.3, -0.25) is 10.1 Å². The number of anilines is 1. The van der Waals surface area contributed by atoms with E-state index in [1.807, 2.05) is 0 Å². The molecule has 0 fully saturated rings. The van der Waals surface area contributed by atoms with E-state index in [0.717, 1.165) is 0 Å². The van der Waals surface area contributed by atoms with E-state index >= 15 is 0 Å². The molecule has 0 radical (unpaired) electrons. The summed E-state index contributed by atoms with van der Waals surface area (Å²) in [5, 5.41) is 22.1. The van der Waals surface area contributed by atoms with E-state index in [0.29, 0.717) is 13.2 Å². The second kappa shape index (κ2) is 7.35. The van der Waals surface area contributed by atoms with Gasteiger partial charge in [0.1, 0.15) is 6.33 Å². The summed E-state index contributed by atoms with van der Waals surface area (Å²) in [4.78, 5) is 17.7. The molecular formula is C9H14N4O5. The minimum atomic E-state index is -0.615. The smallest absolute Gasteiger partial charge is 0.372 e. The molecule has 0 atom stereocenters. The van der Waals surface area contributed by atoms with E-state index in [1.165, 1.54) is 13.4 Å². The summed E-state index contributed by atoms with van der Waals surface area (Å²) in [5.41, 5.74) is -0.317. The first-order valence-electron chi connectivity index (χ1n) is 5.16. The van der Waals surface area contributed by atoms with Crippen LogP contribution >= 0.6 is 0 Å². The fourth-order valence-electron chi connectivity index (χ4n) is 1.21. The van der Waals surface area contributed by atoms with Gasteiger partial charge in [-0.2, -0.15) is 4.98 Å². The van der Waals surface area contributed by atoms with Gasteiger partial charge in [-0.05, 0) is 0 Å². The molecule has 1 aromatic rings. The number of methoxy groups -OCH3 is 1. The maximum absolute atomic E-state index is 10.9. The molecule has 0 bridgehead atoms. The van der Waals surface area contributed by atoms with Crippen LogP contribution in [0.3, 0.4) is 0 Å². The topological polar surface area (TPSA) is 120 Å². The van der Waals surface area contributed by atoms with Gasteiger partial charge in [0.2, 0.25) is 5.82 Å². The number of aliphatic hydroxyl groups is 1. The molecule has 1 aromatic heterocycles. The summed E-state index contributed by atoms with van der Waals surface area (Å²) in [6.07, 6.45) is 1.17. The summed E-state index contributed by atoms with van der Waals surface area (Å²) in [5.74, 6) is -0.0341.